The molecule has 6 heteroatoms. The first-order chi connectivity index (χ1) is 13.5. The number of carbonyl (C=O) groups is 3. The van der Waals surface area contributed by atoms with E-state index >= 15 is 0 Å². The van der Waals surface area contributed by atoms with Gasteiger partial charge in [-0.3, -0.25) is 9.59 Å². The van der Waals surface area contributed by atoms with Crippen LogP contribution in [0, 0.1) is 34.0 Å². The average molecular weight is 407 g/mol. The Morgan fingerprint density at radius 3 is 2.28 bits per heavy atom. The summed E-state index contributed by atoms with van der Waals surface area (Å²) >= 11 is 0. The number of hydrogen-bond acceptors (Lipinski definition) is 6. The normalized spacial score (nSPS) is 47.4. The van der Waals surface area contributed by atoms with Crippen molar-refractivity contribution in [2.75, 3.05) is 7.11 Å². The number of methoxy groups -OCH3 is 1. The summed E-state index contributed by atoms with van der Waals surface area (Å²) in [5, 5.41) is 0. The van der Waals surface area contributed by atoms with Crippen LogP contribution in [0.5, 0.6) is 0 Å². The van der Waals surface area contributed by atoms with Crippen LogP contribution in [-0.2, 0) is 28.6 Å². The van der Waals surface area contributed by atoms with Crippen molar-refractivity contribution in [2.45, 2.75) is 84.8 Å². The SMILES string of the molecule is COC(=O)[C@H]1CC[C@H]2[C@@H](OC(=O)[C@@]34CC[C@@](C)(C(=O)O3)C4(C)C)CC[C@H](C)[C@@]12C. The summed E-state index contributed by atoms with van der Waals surface area (Å²) in [5.74, 6) is -0.557. The van der Waals surface area contributed by atoms with E-state index in [1.165, 1.54) is 7.11 Å². The van der Waals surface area contributed by atoms with Gasteiger partial charge in [-0.1, -0.05) is 27.7 Å². The summed E-state index contributed by atoms with van der Waals surface area (Å²) in [4.78, 5) is 38.4. The van der Waals surface area contributed by atoms with E-state index in [0.717, 1.165) is 25.7 Å². The summed E-state index contributed by atoms with van der Waals surface area (Å²) in [5.41, 5.74) is -2.70. The van der Waals surface area contributed by atoms with Crippen molar-refractivity contribution < 1.29 is 28.6 Å². The fourth-order valence-corrected chi connectivity index (χ4v) is 7.04. The predicted molar refractivity (Wildman–Crippen MR) is 105 cm³/mol. The third-order valence-corrected chi connectivity index (χ3v) is 9.87. The van der Waals surface area contributed by atoms with Crippen LogP contribution in [0.15, 0.2) is 0 Å². The van der Waals surface area contributed by atoms with Crippen LogP contribution in [0.1, 0.15) is 73.1 Å². The minimum Gasteiger partial charge on any atom is -0.469 e. The molecule has 0 aromatic heterocycles. The highest BCUT2D eigenvalue weighted by Gasteiger charge is 2.76. The van der Waals surface area contributed by atoms with E-state index in [1.807, 2.05) is 20.8 Å². The molecule has 162 valence electrons. The van der Waals surface area contributed by atoms with Gasteiger partial charge in [0.25, 0.3) is 0 Å². The molecular weight excluding hydrogens is 372 g/mol. The molecule has 4 aliphatic rings. The van der Waals surface area contributed by atoms with Gasteiger partial charge in [-0.15, -0.1) is 0 Å². The largest absolute Gasteiger partial charge is 0.469 e. The molecule has 0 unspecified atom stereocenters. The number of hydrogen-bond donors (Lipinski definition) is 0. The summed E-state index contributed by atoms with van der Waals surface area (Å²) in [6, 6.07) is 0. The fraction of sp³-hybridized carbons (Fsp3) is 0.870. The lowest BCUT2D eigenvalue weighted by Crippen LogP contribution is -2.53. The molecule has 4 rings (SSSR count). The molecule has 3 aliphatic carbocycles. The van der Waals surface area contributed by atoms with Crippen LogP contribution >= 0.6 is 0 Å². The maximum absolute atomic E-state index is 13.5. The number of carbonyl (C=O) groups excluding carboxylic acids is 3. The van der Waals surface area contributed by atoms with Gasteiger partial charge >= 0.3 is 17.9 Å². The Morgan fingerprint density at radius 1 is 1.03 bits per heavy atom. The van der Waals surface area contributed by atoms with E-state index in [-0.39, 0.29) is 35.3 Å². The molecule has 3 saturated carbocycles. The Kier molecular flexibility index (Phi) is 4.43. The topological polar surface area (TPSA) is 78.9 Å². The second-order valence-electron chi connectivity index (χ2n) is 10.7. The van der Waals surface area contributed by atoms with Gasteiger partial charge in [0, 0.05) is 11.3 Å². The van der Waals surface area contributed by atoms with Gasteiger partial charge in [0.2, 0.25) is 5.60 Å². The van der Waals surface area contributed by atoms with Gasteiger partial charge in [-0.2, -0.15) is 0 Å². The van der Waals surface area contributed by atoms with Crippen molar-refractivity contribution >= 4 is 17.9 Å². The van der Waals surface area contributed by atoms with Crippen LogP contribution in [0.4, 0.5) is 0 Å². The van der Waals surface area contributed by atoms with E-state index in [1.54, 1.807) is 0 Å². The van der Waals surface area contributed by atoms with Crippen molar-refractivity contribution in [1.82, 2.24) is 0 Å². The number of esters is 3. The van der Waals surface area contributed by atoms with E-state index < -0.39 is 22.4 Å². The van der Waals surface area contributed by atoms with Gasteiger partial charge < -0.3 is 14.2 Å². The van der Waals surface area contributed by atoms with E-state index in [9.17, 15) is 14.4 Å². The molecule has 6 nitrogen and oxygen atoms in total. The zero-order valence-corrected chi connectivity index (χ0v) is 18.5. The second kappa shape index (κ2) is 6.21. The molecule has 1 aliphatic heterocycles. The molecule has 29 heavy (non-hydrogen) atoms. The molecule has 1 saturated heterocycles. The van der Waals surface area contributed by atoms with Crippen molar-refractivity contribution in [3.8, 4) is 0 Å². The Balaban J connectivity index is 1.59. The van der Waals surface area contributed by atoms with Gasteiger partial charge in [-0.05, 0) is 56.8 Å². The number of fused-ring (bicyclic) bond motifs is 3. The summed E-state index contributed by atoms with van der Waals surface area (Å²) in [6.45, 7) is 10.1. The van der Waals surface area contributed by atoms with Gasteiger partial charge in [0.1, 0.15) is 6.10 Å². The first-order valence-electron chi connectivity index (χ1n) is 11.0. The maximum Gasteiger partial charge on any atom is 0.351 e. The van der Waals surface area contributed by atoms with Gasteiger partial charge in [0.15, 0.2) is 0 Å². The van der Waals surface area contributed by atoms with Crippen molar-refractivity contribution in [3.63, 3.8) is 0 Å². The number of ether oxygens (including phenoxy) is 3. The molecule has 7 atom stereocenters. The van der Waals surface area contributed by atoms with E-state index in [0.29, 0.717) is 18.8 Å². The Hall–Kier alpha value is -1.59. The first kappa shape index (κ1) is 20.7. The van der Waals surface area contributed by atoms with E-state index in [2.05, 4.69) is 13.8 Å². The van der Waals surface area contributed by atoms with Crippen LogP contribution in [0.2, 0.25) is 0 Å². The summed E-state index contributed by atoms with van der Waals surface area (Å²) in [7, 11) is 1.44. The molecule has 0 aromatic carbocycles. The molecule has 1 heterocycles. The molecule has 0 radical (unpaired) electrons. The molecule has 4 fully saturated rings. The van der Waals surface area contributed by atoms with Crippen LogP contribution in [0.3, 0.4) is 0 Å². The highest BCUT2D eigenvalue weighted by Crippen LogP contribution is 2.66. The Bertz CT molecular complexity index is 758. The fourth-order valence-electron chi connectivity index (χ4n) is 7.04. The zero-order valence-electron chi connectivity index (χ0n) is 18.5. The third kappa shape index (κ3) is 2.32. The predicted octanol–water partition coefficient (Wildman–Crippen LogP) is 3.66. The Morgan fingerprint density at radius 2 is 1.72 bits per heavy atom. The lowest BCUT2D eigenvalue weighted by molar-refractivity contribution is -0.195. The quantitative estimate of drug-likeness (QED) is 0.526. The zero-order chi connectivity index (χ0) is 21.4. The molecule has 0 aromatic rings. The first-order valence-corrected chi connectivity index (χ1v) is 11.0. The standard InChI is InChI=1S/C23H34O6/c1-13-7-10-16(14-8-9-15(17(24)27-6)22(13,14)5)28-19(26)23-12-11-21(4,18(25)29-23)20(23,2)3/h13-16H,7-12H2,1-6H3/t13-,14-,15+,16-,21-,22+,23+/m0/s1. The number of rotatable bonds is 3. The molecule has 0 N–H and O–H groups in total. The van der Waals surface area contributed by atoms with Crippen molar-refractivity contribution in [1.29, 1.82) is 0 Å². The van der Waals surface area contributed by atoms with Crippen LogP contribution in [0.25, 0.3) is 0 Å². The van der Waals surface area contributed by atoms with Crippen molar-refractivity contribution in [3.05, 3.63) is 0 Å². The lowest BCUT2D eigenvalue weighted by atomic mass is 9.59. The smallest absolute Gasteiger partial charge is 0.351 e. The highest BCUT2D eigenvalue weighted by molar-refractivity contribution is 5.93. The van der Waals surface area contributed by atoms with Crippen LogP contribution in [-0.4, -0.2) is 36.7 Å². The van der Waals surface area contributed by atoms with Gasteiger partial charge in [0.05, 0.1) is 18.4 Å². The summed E-state index contributed by atoms with van der Waals surface area (Å²) < 4.78 is 16.9. The minimum absolute atomic E-state index is 0.115. The minimum atomic E-state index is -1.20. The Labute approximate surface area is 173 Å². The highest BCUT2D eigenvalue weighted by atomic mass is 16.6. The molecule has 0 spiro atoms. The summed E-state index contributed by atoms with van der Waals surface area (Å²) in [6.07, 6.45) is 4.17. The maximum atomic E-state index is 13.5. The lowest BCUT2D eigenvalue weighted by Gasteiger charge is -2.48. The van der Waals surface area contributed by atoms with Gasteiger partial charge in [-0.25, -0.2) is 4.79 Å². The molecule has 0 amide bonds. The second-order valence-corrected chi connectivity index (χ2v) is 10.7. The average Bonchev–Trinajstić information content (AvgIpc) is 3.18. The molecule has 2 bridgehead atoms. The van der Waals surface area contributed by atoms with E-state index in [4.69, 9.17) is 14.2 Å². The monoisotopic (exact) mass is 406 g/mol. The van der Waals surface area contributed by atoms with Crippen LogP contribution < -0.4 is 0 Å². The molecular formula is C23H34O6. The third-order valence-electron chi connectivity index (χ3n) is 9.87. The van der Waals surface area contributed by atoms with Crippen molar-refractivity contribution in [2.24, 2.45) is 34.0 Å².